The summed E-state index contributed by atoms with van der Waals surface area (Å²) in [5, 5.41) is 0. The Labute approximate surface area is 91.5 Å². The first-order chi connectivity index (χ1) is 6.46. The van der Waals surface area contributed by atoms with E-state index in [1.807, 2.05) is 0 Å². The SMILES string of the molecule is CCCCC(CCC)C(C)(C)C(C)C. The summed E-state index contributed by atoms with van der Waals surface area (Å²) >= 11 is 0. The quantitative estimate of drug-likeness (QED) is 0.522. The molecule has 14 heavy (non-hydrogen) atoms. The minimum atomic E-state index is 0.519. The fourth-order valence-corrected chi connectivity index (χ4v) is 2.16. The average Bonchev–Trinajstić information content (AvgIpc) is 2.11. The van der Waals surface area contributed by atoms with E-state index in [0.717, 1.165) is 11.8 Å². The Morgan fingerprint density at radius 1 is 0.929 bits per heavy atom. The van der Waals surface area contributed by atoms with Crippen molar-refractivity contribution in [3.05, 3.63) is 0 Å². The van der Waals surface area contributed by atoms with Crippen LogP contribution in [0.1, 0.15) is 73.6 Å². The van der Waals surface area contributed by atoms with Gasteiger partial charge in [-0.2, -0.15) is 0 Å². The van der Waals surface area contributed by atoms with E-state index in [2.05, 4.69) is 41.5 Å². The number of unbranched alkanes of at least 4 members (excludes halogenated alkanes) is 1. The Balaban J connectivity index is 4.29. The molecule has 0 heteroatoms. The van der Waals surface area contributed by atoms with Gasteiger partial charge in [-0.05, 0) is 23.7 Å². The fourth-order valence-electron chi connectivity index (χ4n) is 2.16. The lowest BCUT2D eigenvalue weighted by Crippen LogP contribution is -2.29. The van der Waals surface area contributed by atoms with E-state index in [-0.39, 0.29) is 0 Å². The van der Waals surface area contributed by atoms with Crippen molar-refractivity contribution in [2.24, 2.45) is 17.3 Å². The first-order valence-corrected chi connectivity index (χ1v) is 6.46. The van der Waals surface area contributed by atoms with Crippen LogP contribution < -0.4 is 0 Å². The predicted molar refractivity (Wildman–Crippen MR) is 66.5 cm³/mol. The van der Waals surface area contributed by atoms with E-state index in [9.17, 15) is 0 Å². The van der Waals surface area contributed by atoms with Gasteiger partial charge in [0.05, 0.1) is 0 Å². The molecular formula is C14H30. The van der Waals surface area contributed by atoms with Crippen LogP contribution in [0.4, 0.5) is 0 Å². The van der Waals surface area contributed by atoms with Gasteiger partial charge in [0, 0.05) is 0 Å². The highest BCUT2D eigenvalue weighted by molar-refractivity contribution is 4.80. The smallest absolute Gasteiger partial charge is 0.0303 e. The molecule has 0 aliphatic rings. The molecule has 0 N–H and O–H groups in total. The number of hydrogen-bond acceptors (Lipinski definition) is 0. The van der Waals surface area contributed by atoms with E-state index >= 15 is 0 Å². The Morgan fingerprint density at radius 3 is 1.86 bits per heavy atom. The largest absolute Gasteiger partial charge is 0.0654 e. The van der Waals surface area contributed by atoms with Crippen molar-refractivity contribution >= 4 is 0 Å². The van der Waals surface area contributed by atoms with Crippen molar-refractivity contribution in [2.45, 2.75) is 73.6 Å². The zero-order valence-electron chi connectivity index (χ0n) is 11.2. The minimum absolute atomic E-state index is 0.519. The monoisotopic (exact) mass is 198 g/mol. The second-order valence-electron chi connectivity index (χ2n) is 5.60. The van der Waals surface area contributed by atoms with Crippen molar-refractivity contribution in [3.63, 3.8) is 0 Å². The third kappa shape index (κ3) is 4.02. The highest BCUT2D eigenvalue weighted by atomic mass is 14.4. The highest BCUT2D eigenvalue weighted by Crippen LogP contribution is 2.40. The molecule has 0 aliphatic heterocycles. The summed E-state index contributed by atoms with van der Waals surface area (Å²) in [5.41, 5.74) is 0.519. The number of hydrogen-bond donors (Lipinski definition) is 0. The molecule has 0 nitrogen and oxygen atoms in total. The Morgan fingerprint density at radius 2 is 1.50 bits per heavy atom. The van der Waals surface area contributed by atoms with Gasteiger partial charge in [0.25, 0.3) is 0 Å². The lowest BCUT2D eigenvalue weighted by Gasteiger charge is -2.38. The molecule has 1 unspecified atom stereocenters. The van der Waals surface area contributed by atoms with Gasteiger partial charge in [-0.15, -0.1) is 0 Å². The van der Waals surface area contributed by atoms with E-state index in [1.54, 1.807) is 0 Å². The summed E-state index contributed by atoms with van der Waals surface area (Å²) < 4.78 is 0. The van der Waals surface area contributed by atoms with Crippen LogP contribution in [-0.4, -0.2) is 0 Å². The van der Waals surface area contributed by atoms with Crippen LogP contribution in [0.5, 0.6) is 0 Å². The Hall–Kier alpha value is 0. The van der Waals surface area contributed by atoms with E-state index < -0.39 is 0 Å². The standard InChI is InChI=1S/C14H30/c1-7-9-11-13(10-8-2)14(5,6)12(3)4/h12-13H,7-11H2,1-6H3. The summed E-state index contributed by atoms with van der Waals surface area (Å²) in [4.78, 5) is 0. The van der Waals surface area contributed by atoms with Crippen LogP contribution in [0, 0.1) is 17.3 Å². The van der Waals surface area contributed by atoms with Crippen LogP contribution in [0.2, 0.25) is 0 Å². The van der Waals surface area contributed by atoms with Gasteiger partial charge in [0.2, 0.25) is 0 Å². The Bertz CT molecular complexity index is 133. The van der Waals surface area contributed by atoms with Gasteiger partial charge in [0.15, 0.2) is 0 Å². The molecule has 0 rings (SSSR count). The van der Waals surface area contributed by atoms with Crippen LogP contribution in [-0.2, 0) is 0 Å². The lowest BCUT2D eigenvalue weighted by atomic mass is 9.67. The van der Waals surface area contributed by atoms with Gasteiger partial charge in [-0.25, -0.2) is 0 Å². The topological polar surface area (TPSA) is 0 Å². The van der Waals surface area contributed by atoms with Crippen molar-refractivity contribution in [3.8, 4) is 0 Å². The molecule has 0 saturated heterocycles. The summed E-state index contributed by atoms with van der Waals surface area (Å²) in [7, 11) is 0. The maximum Gasteiger partial charge on any atom is -0.0303 e. The molecule has 0 aliphatic carbocycles. The van der Waals surface area contributed by atoms with Crippen molar-refractivity contribution in [1.82, 2.24) is 0 Å². The number of rotatable bonds is 7. The van der Waals surface area contributed by atoms with Crippen molar-refractivity contribution in [2.75, 3.05) is 0 Å². The molecule has 0 aromatic carbocycles. The zero-order chi connectivity index (χ0) is 11.2. The van der Waals surface area contributed by atoms with Crippen molar-refractivity contribution in [1.29, 1.82) is 0 Å². The second-order valence-corrected chi connectivity index (χ2v) is 5.60. The molecule has 86 valence electrons. The molecule has 0 saturated carbocycles. The van der Waals surface area contributed by atoms with Crippen LogP contribution in [0.3, 0.4) is 0 Å². The molecule has 0 amide bonds. The first-order valence-electron chi connectivity index (χ1n) is 6.46. The van der Waals surface area contributed by atoms with Gasteiger partial charge in [-0.1, -0.05) is 67.2 Å². The summed E-state index contributed by atoms with van der Waals surface area (Å²) in [6, 6.07) is 0. The molecule has 0 aromatic heterocycles. The predicted octanol–water partition coefficient (Wildman–Crippen LogP) is 5.28. The van der Waals surface area contributed by atoms with E-state index in [1.165, 1.54) is 32.1 Å². The molecule has 0 spiro atoms. The summed E-state index contributed by atoms with van der Waals surface area (Å²) in [5.74, 6) is 1.73. The normalized spacial score (nSPS) is 14.8. The second kappa shape index (κ2) is 6.48. The minimum Gasteiger partial charge on any atom is -0.0654 e. The molecule has 0 fully saturated rings. The van der Waals surface area contributed by atoms with E-state index in [0.29, 0.717) is 5.41 Å². The highest BCUT2D eigenvalue weighted by Gasteiger charge is 2.30. The maximum absolute atomic E-state index is 2.45. The van der Waals surface area contributed by atoms with Crippen LogP contribution in [0.25, 0.3) is 0 Å². The lowest BCUT2D eigenvalue weighted by molar-refractivity contribution is 0.117. The third-order valence-electron chi connectivity index (χ3n) is 4.08. The molecule has 0 heterocycles. The average molecular weight is 198 g/mol. The Kier molecular flexibility index (Phi) is 6.48. The van der Waals surface area contributed by atoms with Gasteiger partial charge < -0.3 is 0 Å². The molecule has 0 radical (unpaired) electrons. The zero-order valence-corrected chi connectivity index (χ0v) is 11.2. The molecule has 1 atom stereocenters. The summed E-state index contributed by atoms with van der Waals surface area (Å²) in [6.45, 7) is 14.3. The van der Waals surface area contributed by atoms with Gasteiger partial charge in [0.1, 0.15) is 0 Å². The van der Waals surface area contributed by atoms with Crippen molar-refractivity contribution < 1.29 is 0 Å². The molecule has 0 bridgehead atoms. The third-order valence-corrected chi connectivity index (χ3v) is 4.08. The van der Waals surface area contributed by atoms with Crippen LogP contribution >= 0.6 is 0 Å². The maximum atomic E-state index is 2.45. The fraction of sp³-hybridized carbons (Fsp3) is 1.00. The van der Waals surface area contributed by atoms with Crippen LogP contribution in [0.15, 0.2) is 0 Å². The first kappa shape index (κ1) is 14.0. The molecular weight excluding hydrogens is 168 g/mol. The van der Waals surface area contributed by atoms with E-state index in [4.69, 9.17) is 0 Å². The summed E-state index contributed by atoms with van der Waals surface area (Å²) in [6.07, 6.45) is 6.92. The van der Waals surface area contributed by atoms with Gasteiger partial charge in [-0.3, -0.25) is 0 Å². The van der Waals surface area contributed by atoms with Gasteiger partial charge >= 0.3 is 0 Å². The molecule has 0 aromatic rings.